The van der Waals surface area contributed by atoms with Gasteiger partial charge in [-0.05, 0) is 61.6 Å². The SMILES string of the molecule is Cc1c(Br)cccc1CNc1ncc([N+](=O)[O-])c(NC[C@H]2CC[C@H](CO)CC2)n1. The lowest BCUT2D eigenvalue weighted by Gasteiger charge is -2.27. The zero-order valence-corrected chi connectivity index (χ0v) is 18.0. The summed E-state index contributed by atoms with van der Waals surface area (Å²) in [5.41, 5.74) is 2.09. The van der Waals surface area contributed by atoms with E-state index in [-0.39, 0.29) is 18.1 Å². The molecule has 1 aliphatic carbocycles. The zero-order chi connectivity index (χ0) is 20.8. The largest absolute Gasteiger partial charge is 0.396 e. The summed E-state index contributed by atoms with van der Waals surface area (Å²) in [6.45, 7) is 3.41. The van der Waals surface area contributed by atoms with E-state index in [9.17, 15) is 15.2 Å². The second kappa shape index (κ2) is 9.98. The Morgan fingerprint density at radius 2 is 1.97 bits per heavy atom. The highest BCUT2D eigenvalue weighted by molar-refractivity contribution is 9.10. The molecule has 0 unspecified atom stereocenters. The van der Waals surface area contributed by atoms with Gasteiger partial charge in [-0.3, -0.25) is 10.1 Å². The highest BCUT2D eigenvalue weighted by atomic mass is 79.9. The standard InChI is InChI=1S/C20H26BrN5O3/c1-13-16(3-2-4-17(13)21)10-23-20-24-11-18(26(28)29)19(25-20)22-9-14-5-7-15(12-27)8-6-14/h2-4,11,14-15,27H,5-10,12H2,1H3,(H2,22,23,24,25)/t14-,15-. The first kappa shape index (κ1) is 21.4. The zero-order valence-electron chi connectivity index (χ0n) is 16.4. The summed E-state index contributed by atoms with van der Waals surface area (Å²) in [5, 5.41) is 26.9. The number of aliphatic hydroxyl groups is 1. The molecule has 0 aliphatic heterocycles. The minimum absolute atomic E-state index is 0.127. The third-order valence-electron chi connectivity index (χ3n) is 5.57. The van der Waals surface area contributed by atoms with Crippen LogP contribution < -0.4 is 10.6 Å². The summed E-state index contributed by atoms with van der Waals surface area (Å²) in [6, 6.07) is 5.96. The van der Waals surface area contributed by atoms with Crippen molar-refractivity contribution in [1.82, 2.24) is 9.97 Å². The normalized spacial score (nSPS) is 19.0. The molecule has 1 aromatic carbocycles. The Kier molecular flexibility index (Phi) is 7.38. The maximum atomic E-state index is 11.4. The predicted molar refractivity (Wildman–Crippen MR) is 116 cm³/mol. The molecule has 0 bridgehead atoms. The van der Waals surface area contributed by atoms with E-state index in [1.54, 1.807) is 0 Å². The lowest BCUT2D eigenvalue weighted by atomic mass is 9.82. The molecule has 0 amide bonds. The molecule has 1 heterocycles. The van der Waals surface area contributed by atoms with Crippen molar-refractivity contribution in [2.75, 3.05) is 23.8 Å². The van der Waals surface area contributed by atoms with Crippen LogP contribution in [0.3, 0.4) is 0 Å². The van der Waals surface area contributed by atoms with Crippen LogP contribution in [0.25, 0.3) is 0 Å². The second-order valence-electron chi connectivity index (χ2n) is 7.51. The van der Waals surface area contributed by atoms with Crippen molar-refractivity contribution in [2.24, 2.45) is 11.8 Å². The average molecular weight is 464 g/mol. The summed E-state index contributed by atoms with van der Waals surface area (Å²) in [7, 11) is 0. The molecule has 0 radical (unpaired) electrons. The Bertz CT molecular complexity index is 856. The minimum Gasteiger partial charge on any atom is -0.396 e. The minimum atomic E-state index is -0.465. The van der Waals surface area contributed by atoms with E-state index in [0.717, 1.165) is 41.3 Å². The van der Waals surface area contributed by atoms with Gasteiger partial charge in [0.1, 0.15) is 6.20 Å². The van der Waals surface area contributed by atoms with Gasteiger partial charge in [-0.2, -0.15) is 4.98 Å². The topological polar surface area (TPSA) is 113 Å². The molecule has 0 spiro atoms. The van der Waals surface area contributed by atoms with Crippen LogP contribution in [0.2, 0.25) is 0 Å². The Morgan fingerprint density at radius 1 is 1.24 bits per heavy atom. The molecule has 1 fully saturated rings. The highest BCUT2D eigenvalue weighted by Crippen LogP contribution is 2.30. The van der Waals surface area contributed by atoms with Gasteiger partial charge in [0.2, 0.25) is 11.8 Å². The smallest absolute Gasteiger partial charge is 0.329 e. The van der Waals surface area contributed by atoms with E-state index in [1.807, 2.05) is 25.1 Å². The quantitative estimate of drug-likeness (QED) is 0.395. The van der Waals surface area contributed by atoms with Crippen LogP contribution >= 0.6 is 15.9 Å². The van der Waals surface area contributed by atoms with Crippen molar-refractivity contribution in [3.63, 3.8) is 0 Å². The van der Waals surface area contributed by atoms with Crippen molar-refractivity contribution in [3.8, 4) is 0 Å². The molecule has 1 aliphatic rings. The molecule has 1 aromatic heterocycles. The number of hydrogen-bond donors (Lipinski definition) is 3. The van der Waals surface area contributed by atoms with Gasteiger partial charge in [-0.1, -0.05) is 28.1 Å². The maximum Gasteiger partial charge on any atom is 0.329 e. The number of nitro groups is 1. The van der Waals surface area contributed by atoms with E-state index < -0.39 is 4.92 Å². The Labute approximate surface area is 178 Å². The lowest BCUT2D eigenvalue weighted by Crippen LogP contribution is -2.23. The van der Waals surface area contributed by atoms with Crippen LogP contribution in [-0.2, 0) is 6.54 Å². The fraction of sp³-hybridized carbons (Fsp3) is 0.500. The lowest BCUT2D eigenvalue weighted by molar-refractivity contribution is -0.384. The maximum absolute atomic E-state index is 11.4. The van der Waals surface area contributed by atoms with Crippen molar-refractivity contribution < 1.29 is 10.0 Å². The van der Waals surface area contributed by atoms with Gasteiger partial charge < -0.3 is 15.7 Å². The fourth-order valence-electron chi connectivity index (χ4n) is 3.60. The molecule has 8 nitrogen and oxygen atoms in total. The van der Waals surface area contributed by atoms with Crippen LogP contribution in [0.5, 0.6) is 0 Å². The third kappa shape index (κ3) is 5.63. The van der Waals surface area contributed by atoms with Crippen molar-refractivity contribution in [3.05, 3.63) is 50.1 Å². The van der Waals surface area contributed by atoms with E-state index in [4.69, 9.17) is 0 Å². The average Bonchev–Trinajstić information content (AvgIpc) is 2.73. The van der Waals surface area contributed by atoms with Gasteiger partial charge in [-0.25, -0.2) is 4.98 Å². The summed E-state index contributed by atoms with van der Waals surface area (Å²) < 4.78 is 1.03. The first-order valence-corrected chi connectivity index (χ1v) is 10.6. The molecular weight excluding hydrogens is 438 g/mol. The van der Waals surface area contributed by atoms with Crippen LogP contribution in [-0.4, -0.2) is 33.1 Å². The van der Waals surface area contributed by atoms with E-state index in [1.165, 1.54) is 6.20 Å². The van der Waals surface area contributed by atoms with Gasteiger partial charge >= 0.3 is 5.69 Å². The fourth-order valence-corrected chi connectivity index (χ4v) is 4.01. The number of nitrogens with zero attached hydrogens (tertiary/aromatic N) is 3. The number of nitrogens with one attached hydrogen (secondary N) is 2. The van der Waals surface area contributed by atoms with Crippen LogP contribution in [0.1, 0.15) is 36.8 Å². The van der Waals surface area contributed by atoms with Crippen LogP contribution in [0.15, 0.2) is 28.9 Å². The number of anilines is 2. The molecule has 3 N–H and O–H groups in total. The van der Waals surface area contributed by atoms with Crippen LogP contribution in [0.4, 0.5) is 17.5 Å². The van der Waals surface area contributed by atoms with E-state index in [0.29, 0.717) is 30.9 Å². The number of aliphatic hydroxyl groups excluding tert-OH is 1. The Morgan fingerprint density at radius 3 is 2.66 bits per heavy atom. The molecule has 1 saturated carbocycles. The van der Waals surface area contributed by atoms with Crippen molar-refractivity contribution in [1.29, 1.82) is 0 Å². The third-order valence-corrected chi connectivity index (χ3v) is 6.42. The van der Waals surface area contributed by atoms with E-state index >= 15 is 0 Å². The number of halogens is 1. The molecule has 9 heteroatoms. The number of benzene rings is 1. The molecule has 0 saturated heterocycles. The van der Waals surface area contributed by atoms with Gasteiger partial charge in [0, 0.05) is 24.2 Å². The van der Waals surface area contributed by atoms with Gasteiger partial charge in [-0.15, -0.1) is 0 Å². The second-order valence-corrected chi connectivity index (χ2v) is 8.37. The molecule has 3 rings (SSSR count). The highest BCUT2D eigenvalue weighted by Gasteiger charge is 2.23. The predicted octanol–water partition coefficient (Wildman–Crippen LogP) is 4.28. The summed E-state index contributed by atoms with van der Waals surface area (Å²) in [6.07, 6.45) is 5.24. The summed E-state index contributed by atoms with van der Waals surface area (Å²) >= 11 is 3.52. The molecule has 156 valence electrons. The van der Waals surface area contributed by atoms with Gasteiger partial charge in [0.05, 0.1) is 4.92 Å². The number of rotatable bonds is 8. The number of hydrogen-bond acceptors (Lipinski definition) is 7. The number of aromatic nitrogens is 2. The van der Waals surface area contributed by atoms with E-state index in [2.05, 4.69) is 36.5 Å². The monoisotopic (exact) mass is 463 g/mol. The molecule has 29 heavy (non-hydrogen) atoms. The first-order chi connectivity index (χ1) is 14.0. The Hall–Kier alpha value is -2.26. The van der Waals surface area contributed by atoms with Crippen LogP contribution in [0, 0.1) is 28.9 Å². The molecule has 2 aromatic rings. The molecular formula is C20H26BrN5O3. The van der Waals surface area contributed by atoms with Gasteiger partial charge in [0.25, 0.3) is 0 Å². The van der Waals surface area contributed by atoms with Crippen molar-refractivity contribution in [2.45, 2.75) is 39.2 Å². The van der Waals surface area contributed by atoms with Gasteiger partial charge in [0.15, 0.2) is 0 Å². The molecule has 0 atom stereocenters. The Balaban J connectivity index is 1.66. The van der Waals surface area contributed by atoms with Crippen molar-refractivity contribution >= 4 is 33.4 Å². The summed E-state index contributed by atoms with van der Waals surface area (Å²) in [4.78, 5) is 19.3. The summed E-state index contributed by atoms with van der Waals surface area (Å²) in [5.74, 6) is 1.40. The first-order valence-electron chi connectivity index (χ1n) is 9.82.